The molecule has 96 valence electrons. The predicted octanol–water partition coefficient (Wildman–Crippen LogP) is 4.78. The van der Waals surface area contributed by atoms with Crippen molar-refractivity contribution >= 4 is 27.3 Å². The van der Waals surface area contributed by atoms with E-state index in [0.29, 0.717) is 11.5 Å². The zero-order valence-electron chi connectivity index (χ0n) is 10.9. The van der Waals surface area contributed by atoms with Gasteiger partial charge in [-0.2, -0.15) is 0 Å². The number of nitrogens with one attached hydrogen (secondary N) is 1. The number of halogens is 1. The van der Waals surface area contributed by atoms with E-state index >= 15 is 0 Å². The van der Waals surface area contributed by atoms with Crippen LogP contribution in [0.3, 0.4) is 0 Å². The van der Waals surface area contributed by atoms with Gasteiger partial charge in [0.2, 0.25) is 0 Å². The Balaban J connectivity index is 2.10. The second kappa shape index (κ2) is 5.41. The molecule has 1 fully saturated rings. The van der Waals surface area contributed by atoms with Crippen LogP contribution in [0.4, 0.5) is 0 Å². The fraction of sp³-hybridized carbons (Fsp3) is 0.714. The molecule has 0 aromatic carbocycles. The molecular formula is C14H22BrNS. The Morgan fingerprint density at radius 1 is 1.53 bits per heavy atom. The maximum Gasteiger partial charge on any atom is 0.0317 e. The molecule has 1 aliphatic rings. The molecule has 1 heterocycles. The summed E-state index contributed by atoms with van der Waals surface area (Å²) in [6, 6.07) is 2.88. The molecule has 0 aliphatic heterocycles. The van der Waals surface area contributed by atoms with Crippen LogP contribution in [0.25, 0.3) is 0 Å². The maximum atomic E-state index is 3.71. The Hall–Kier alpha value is 0.140. The summed E-state index contributed by atoms with van der Waals surface area (Å²) in [5, 5.41) is 5.91. The van der Waals surface area contributed by atoms with Crippen molar-refractivity contribution in [2.45, 2.75) is 52.0 Å². The highest BCUT2D eigenvalue weighted by Crippen LogP contribution is 2.57. The van der Waals surface area contributed by atoms with Gasteiger partial charge in [-0.1, -0.05) is 20.8 Å². The molecule has 1 aromatic rings. The Bertz CT molecular complexity index is 376. The summed E-state index contributed by atoms with van der Waals surface area (Å²) in [5.74, 6) is 0.733. The standard InChI is InChI=1S/C14H22BrNS/c1-4-7-16-12-9-10(14(12,3)5-2)13-11(15)6-8-17-13/h6,8,10,12,16H,4-5,7,9H2,1-3H3. The molecule has 3 heteroatoms. The molecule has 0 saturated heterocycles. The molecule has 0 amide bonds. The molecule has 1 aliphatic carbocycles. The fourth-order valence-corrected chi connectivity index (χ4v) is 4.87. The van der Waals surface area contributed by atoms with E-state index in [1.807, 2.05) is 11.3 Å². The van der Waals surface area contributed by atoms with E-state index in [2.05, 4.69) is 53.5 Å². The highest BCUT2D eigenvalue weighted by Gasteiger charge is 2.51. The number of rotatable bonds is 5. The monoisotopic (exact) mass is 315 g/mol. The Morgan fingerprint density at radius 2 is 2.29 bits per heavy atom. The van der Waals surface area contributed by atoms with E-state index in [-0.39, 0.29) is 0 Å². The zero-order valence-corrected chi connectivity index (χ0v) is 13.3. The molecule has 1 N–H and O–H groups in total. The van der Waals surface area contributed by atoms with Crippen LogP contribution in [0.15, 0.2) is 15.9 Å². The molecule has 0 radical (unpaired) electrons. The summed E-state index contributed by atoms with van der Waals surface area (Å²) < 4.78 is 1.31. The third-order valence-corrected chi connectivity index (χ3v) is 6.41. The first-order valence-electron chi connectivity index (χ1n) is 6.59. The number of thiophene rings is 1. The second-order valence-corrected chi connectivity index (χ2v) is 7.09. The third kappa shape index (κ3) is 2.34. The normalized spacial score (nSPS) is 32.5. The maximum absolute atomic E-state index is 3.71. The van der Waals surface area contributed by atoms with Gasteiger partial charge in [0.05, 0.1) is 0 Å². The van der Waals surface area contributed by atoms with Crippen molar-refractivity contribution in [1.82, 2.24) is 5.32 Å². The van der Waals surface area contributed by atoms with Gasteiger partial charge in [-0.25, -0.2) is 0 Å². The van der Waals surface area contributed by atoms with E-state index < -0.39 is 0 Å². The minimum atomic E-state index is 0.433. The van der Waals surface area contributed by atoms with Crippen LogP contribution in [-0.2, 0) is 0 Å². The first-order valence-corrected chi connectivity index (χ1v) is 8.27. The molecule has 1 saturated carbocycles. The Kier molecular flexibility index (Phi) is 4.32. The van der Waals surface area contributed by atoms with Gasteiger partial charge >= 0.3 is 0 Å². The minimum absolute atomic E-state index is 0.433. The minimum Gasteiger partial charge on any atom is -0.313 e. The quantitative estimate of drug-likeness (QED) is 0.824. The largest absolute Gasteiger partial charge is 0.313 e. The smallest absolute Gasteiger partial charge is 0.0317 e. The Labute approximate surface area is 117 Å². The molecule has 0 bridgehead atoms. The average Bonchev–Trinajstić information content (AvgIpc) is 2.73. The SMILES string of the molecule is CCCNC1CC(c2sccc2Br)C1(C)CC. The summed E-state index contributed by atoms with van der Waals surface area (Å²) in [4.78, 5) is 1.55. The molecular weight excluding hydrogens is 294 g/mol. The van der Waals surface area contributed by atoms with E-state index in [1.165, 1.54) is 23.7 Å². The van der Waals surface area contributed by atoms with Crippen molar-refractivity contribution < 1.29 is 0 Å². The van der Waals surface area contributed by atoms with Crippen molar-refractivity contribution in [3.63, 3.8) is 0 Å². The summed E-state index contributed by atoms with van der Waals surface area (Å²) >= 11 is 5.59. The molecule has 3 atom stereocenters. The predicted molar refractivity (Wildman–Crippen MR) is 79.9 cm³/mol. The van der Waals surface area contributed by atoms with Crippen molar-refractivity contribution in [1.29, 1.82) is 0 Å². The molecule has 17 heavy (non-hydrogen) atoms. The summed E-state index contributed by atoms with van der Waals surface area (Å²) in [7, 11) is 0. The lowest BCUT2D eigenvalue weighted by Gasteiger charge is -2.54. The van der Waals surface area contributed by atoms with Crippen LogP contribution < -0.4 is 5.32 Å². The lowest BCUT2D eigenvalue weighted by Crippen LogP contribution is -2.56. The van der Waals surface area contributed by atoms with E-state index in [1.54, 1.807) is 4.88 Å². The van der Waals surface area contributed by atoms with E-state index in [4.69, 9.17) is 0 Å². The first-order chi connectivity index (χ1) is 8.13. The van der Waals surface area contributed by atoms with Crippen molar-refractivity contribution in [3.8, 4) is 0 Å². The third-order valence-electron chi connectivity index (χ3n) is 4.43. The molecule has 1 aromatic heterocycles. The first kappa shape index (κ1) is 13.6. The van der Waals surface area contributed by atoms with Gasteiger partial charge in [-0.05, 0) is 58.6 Å². The van der Waals surface area contributed by atoms with Gasteiger partial charge in [0.1, 0.15) is 0 Å². The lowest BCUT2D eigenvalue weighted by molar-refractivity contribution is 0.0462. The van der Waals surface area contributed by atoms with Crippen molar-refractivity contribution in [2.24, 2.45) is 5.41 Å². The topological polar surface area (TPSA) is 12.0 Å². The highest BCUT2D eigenvalue weighted by molar-refractivity contribution is 9.10. The van der Waals surface area contributed by atoms with E-state index in [9.17, 15) is 0 Å². The molecule has 1 nitrogen and oxygen atoms in total. The van der Waals surface area contributed by atoms with Gasteiger partial charge in [0, 0.05) is 21.3 Å². The van der Waals surface area contributed by atoms with Gasteiger partial charge in [0.25, 0.3) is 0 Å². The second-order valence-electron chi connectivity index (χ2n) is 5.29. The fourth-order valence-electron chi connectivity index (χ4n) is 2.94. The molecule has 2 rings (SSSR count). The van der Waals surface area contributed by atoms with Crippen LogP contribution in [0, 0.1) is 5.41 Å². The molecule has 3 unspecified atom stereocenters. The summed E-state index contributed by atoms with van der Waals surface area (Å²) in [5.41, 5.74) is 0.433. The summed E-state index contributed by atoms with van der Waals surface area (Å²) in [6.45, 7) is 8.16. The lowest BCUT2D eigenvalue weighted by atomic mass is 9.55. The van der Waals surface area contributed by atoms with Crippen molar-refractivity contribution in [2.75, 3.05) is 6.54 Å². The molecule has 0 spiro atoms. The summed E-state index contributed by atoms with van der Waals surface area (Å²) in [6.07, 6.45) is 3.77. The van der Waals surface area contributed by atoms with Crippen LogP contribution >= 0.6 is 27.3 Å². The van der Waals surface area contributed by atoms with Gasteiger partial charge < -0.3 is 5.32 Å². The number of hydrogen-bond acceptors (Lipinski definition) is 2. The van der Waals surface area contributed by atoms with Crippen molar-refractivity contribution in [3.05, 3.63) is 20.8 Å². The van der Waals surface area contributed by atoms with Gasteiger partial charge in [0.15, 0.2) is 0 Å². The van der Waals surface area contributed by atoms with Crippen LogP contribution in [0.2, 0.25) is 0 Å². The van der Waals surface area contributed by atoms with Crippen LogP contribution in [0.5, 0.6) is 0 Å². The van der Waals surface area contributed by atoms with E-state index in [0.717, 1.165) is 12.5 Å². The van der Waals surface area contributed by atoms with Crippen LogP contribution in [-0.4, -0.2) is 12.6 Å². The Morgan fingerprint density at radius 3 is 2.82 bits per heavy atom. The van der Waals surface area contributed by atoms with Gasteiger partial charge in [-0.3, -0.25) is 0 Å². The van der Waals surface area contributed by atoms with Crippen LogP contribution in [0.1, 0.15) is 50.8 Å². The average molecular weight is 316 g/mol. The number of hydrogen-bond donors (Lipinski definition) is 1. The highest BCUT2D eigenvalue weighted by atomic mass is 79.9. The van der Waals surface area contributed by atoms with Gasteiger partial charge in [-0.15, -0.1) is 11.3 Å². The zero-order chi connectivity index (χ0) is 12.5.